The Morgan fingerprint density at radius 2 is 2.14 bits per heavy atom. The Morgan fingerprint density at radius 3 is 2.86 bits per heavy atom. The minimum absolute atomic E-state index is 0.146. The Bertz CT molecular complexity index is 637. The van der Waals surface area contributed by atoms with E-state index in [-0.39, 0.29) is 12.1 Å². The van der Waals surface area contributed by atoms with Crippen molar-refractivity contribution in [3.05, 3.63) is 24.4 Å². The fraction of sp³-hybridized carbons (Fsp3) is 0.600. The molecule has 2 aliphatic carbocycles. The molecular weight excluding hydrogens is 284 g/mol. The van der Waals surface area contributed by atoms with E-state index in [2.05, 4.69) is 15.5 Å². The van der Waals surface area contributed by atoms with E-state index in [9.17, 15) is 5.11 Å². The molecule has 0 amide bonds. The van der Waals surface area contributed by atoms with E-state index in [1.165, 1.54) is 25.7 Å². The van der Waals surface area contributed by atoms with Gasteiger partial charge in [0.1, 0.15) is 0 Å². The largest absolute Gasteiger partial charge is 0.394 e. The summed E-state index contributed by atoms with van der Waals surface area (Å²) in [5.74, 6) is 1.45. The molecule has 6 heteroatoms. The van der Waals surface area contributed by atoms with Gasteiger partial charge >= 0.3 is 0 Å². The van der Waals surface area contributed by atoms with E-state index in [1.54, 1.807) is 11.8 Å². The zero-order valence-electron chi connectivity index (χ0n) is 11.9. The smallest absolute Gasteiger partial charge is 0.195 e. The lowest BCUT2D eigenvalue weighted by atomic mass is 9.96. The molecule has 112 valence electrons. The lowest BCUT2D eigenvalue weighted by molar-refractivity contribution is 0.157. The first-order valence-corrected chi connectivity index (χ1v) is 8.60. The molecule has 0 saturated heterocycles. The van der Waals surface area contributed by atoms with Crippen LogP contribution in [0.15, 0.2) is 29.6 Å². The third-order valence-corrected chi connectivity index (χ3v) is 5.65. The van der Waals surface area contributed by atoms with Crippen molar-refractivity contribution in [2.24, 2.45) is 5.92 Å². The van der Waals surface area contributed by atoms with Crippen molar-refractivity contribution in [3.63, 3.8) is 0 Å². The van der Waals surface area contributed by atoms with Gasteiger partial charge in [-0.25, -0.2) is 0 Å². The molecule has 2 aliphatic rings. The summed E-state index contributed by atoms with van der Waals surface area (Å²) in [6.45, 7) is 0.206. The predicted molar refractivity (Wildman–Crippen MR) is 82.4 cm³/mol. The Kier molecular flexibility index (Phi) is 3.40. The molecule has 2 aromatic rings. The summed E-state index contributed by atoms with van der Waals surface area (Å²) in [5, 5.41) is 23.1. The van der Waals surface area contributed by atoms with E-state index in [0.29, 0.717) is 12.0 Å². The van der Waals surface area contributed by atoms with Crippen LogP contribution >= 0.6 is 11.8 Å². The molecule has 2 aromatic heterocycles. The number of aliphatic hydroxyl groups excluding tert-OH is 1. The third-order valence-electron chi connectivity index (χ3n) is 4.45. The van der Waals surface area contributed by atoms with E-state index >= 15 is 0 Å². The highest BCUT2D eigenvalue weighted by Crippen LogP contribution is 2.43. The number of nitrogens with zero attached hydrogens (tertiary/aromatic N) is 3. The van der Waals surface area contributed by atoms with Crippen LogP contribution in [0.2, 0.25) is 0 Å². The summed E-state index contributed by atoms with van der Waals surface area (Å²) in [6, 6.07) is 6.52. The number of aromatic nitrogens is 3. The zero-order valence-corrected chi connectivity index (χ0v) is 12.7. The highest BCUT2D eigenvalue weighted by molar-refractivity contribution is 7.99. The van der Waals surface area contributed by atoms with Gasteiger partial charge in [-0.3, -0.25) is 4.40 Å². The molecule has 2 saturated carbocycles. The highest BCUT2D eigenvalue weighted by Gasteiger charge is 2.47. The first kappa shape index (κ1) is 13.5. The summed E-state index contributed by atoms with van der Waals surface area (Å²) in [6.07, 6.45) is 6.92. The van der Waals surface area contributed by atoms with Gasteiger partial charge in [0.05, 0.1) is 12.1 Å². The van der Waals surface area contributed by atoms with Gasteiger partial charge in [0.2, 0.25) is 0 Å². The zero-order chi connectivity index (χ0) is 14.3. The van der Waals surface area contributed by atoms with Crippen molar-refractivity contribution in [1.82, 2.24) is 19.9 Å². The van der Waals surface area contributed by atoms with Gasteiger partial charge in [-0.05, 0) is 43.7 Å². The quantitative estimate of drug-likeness (QED) is 0.763. The molecule has 0 bridgehead atoms. The second-order valence-corrected chi connectivity index (χ2v) is 7.15. The second-order valence-electron chi connectivity index (χ2n) is 6.21. The van der Waals surface area contributed by atoms with Gasteiger partial charge in [0, 0.05) is 18.0 Å². The van der Waals surface area contributed by atoms with Crippen LogP contribution in [0.4, 0.5) is 0 Å². The Balaban J connectivity index is 1.52. The van der Waals surface area contributed by atoms with Crippen molar-refractivity contribution >= 4 is 17.4 Å². The normalized spacial score (nSPS) is 21.6. The van der Waals surface area contributed by atoms with Crippen molar-refractivity contribution < 1.29 is 5.11 Å². The number of aliphatic hydroxyl groups is 1. The molecule has 5 nitrogen and oxygen atoms in total. The second kappa shape index (κ2) is 5.26. The summed E-state index contributed by atoms with van der Waals surface area (Å²) < 4.78 is 2.01. The van der Waals surface area contributed by atoms with Crippen LogP contribution in [-0.2, 0) is 0 Å². The van der Waals surface area contributed by atoms with Crippen molar-refractivity contribution in [2.45, 2.75) is 42.4 Å². The maximum absolute atomic E-state index is 9.99. The number of pyridine rings is 1. The predicted octanol–water partition coefficient (Wildman–Crippen LogP) is 1.71. The fourth-order valence-electron chi connectivity index (χ4n) is 2.88. The molecule has 0 spiro atoms. The molecule has 2 heterocycles. The molecule has 0 aromatic carbocycles. The van der Waals surface area contributed by atoms with Gasteiger partial charge in [0.15, 0.2) is 10.8 Å². The van der Waals surface area contributed by atoms with Gasteiger partial charge in [-0.1, -0.05) is 17.8 Å². The molecule has 1 atom stereocenters. The first-order chi connectivity index (χ1) is 10.3. The monoisotopic (exact) mass is 304 g/mol. The minimum Gasteiger partial charge on any atom is -0.394 e. The summed E-state index contributed by atoms with van der Waals surface area (Å²) >= 11 is 1.69. The van der Waals surface area contributed by atoms with E-state index in [4.69, 9.17) is 0 Å². The van der Waals surface area contributed by atoms with Gasteiger partial charge in [0.25, 0.3) is 0 Å². The summed E-state index contributed by atoms with van der Waals surface area (Å²) in [4.78, 5) is 0. The third kappa shape index (κ3) is 2.67. The highest BCUT2D eigenvalue weighted by atomic mass is 32.2. The summed E-state index contributed by atoms with van der Waals surface area (Å²) in [7, 11) is 0. The van der Waals surface area contributed by atoms with Gasteiger partial charge in [-0.15, -0.1) is 10.2 Å². The average Bonchev–Trinajstić information content (AvgIpc) is 3.42. The number of thioether (sulfide) groups is 1. The van der Waals surface area contributed by atoms with Crippen LogP contribution in [0, 0.1) is 5.92 Å². The molecule has 21 heavy (non-hydrogen) atoms. The number of rotatable bonds is 7. The van der Waals surface area contributed by atoms with Crippen LogP contribution in [0.25, 0.3) is 5.65 Å². The van der Waals surface area contributed by atoms with Crippen LogP contribution < -0.4 is 5.32 Å². The molecule has 1 unspecified atom stereocenters. The van der Waals surface area contributed by atoms with Crippen LogP contribution in [0.5, 0.6) is 0 Å². The Labute approximate surface area is 128 Å². The number of fused-ring (bicyclic) bond motifs is 1. The molecule has 0 radical (unpaired) electrons. The van der Waals surface area contributed by atoms with Crippen LogP contribution in [0.3, 0.4) is 0 Å². The maximum Gasteiger partial charge on any atom is 0.195 e. The van der Waals surface area contributed by atoms with Crippen molar-refractivity contribution in [2.75, 3.05) is 12.4 Å². The molecule has 0 aliphatic heterocycles. The average molecular weight is 304 g/mol. The van der Waals surface area contributed by atoms with E-state index in [1.807, 2.05) is 28.8 Å². The van der Waals surface area contributed by atoms with Crippen LogP contribution in [-0.4, -0.2) is 43.6 Å². The molecule has 2 fully saturated rings. The number of nitrogens with one attached hydrogen (secondary N) is 1. The fourth-order valence-corrected chi connectivity index (χ4v) is 4.07. The molecular formula is C15H20N4OS. The summed E-state index contributed by atoms with van der Waals surface area (Å²) in [5.41, 5.74) is 0.725. The Morgan fingerprint density at radius 1 is 1.29 bits per heavy atom. The van der Waals surface area contributed by atoms with Gasteiger partial charge < -0.3 is 10.4 Å². The lowest BCUT2D eigenvalue weighted by Crippen LogP contribution is -2.53. The standard InChI is InChI=1S/C15H20N4OS/c20-9-15(11-4-5-11,16-12-6-7-12)10-21-14-18-17-13-3-1-2-8-19(13)14/h1-3,8,11-12,16,20H,4-7,9-10H2. The van der Waals surface area contributed by atoms with E-state index in [0.717, 1.165) is 16.6 Å². The number of hydrogen-bond donors (Lipinski definition) is 2. The van der Waals surface area contributed by atoms with Crippen molar-refractivity contribution in [1.29, 1.82) is 0 Å². The lowest BCUT2D eigenvalue weighted by Gasteiger charge is -2.33. The molecule has 4 rings (SSSR count). The first-order valence-electron chi connectivity index (χ1n) is 7.62. The van der Waals surface area contributed by atoms with Gasteiger partial charge in [-0.2, -0.15) is 0 Å². The topological polar surface area (TPSA) is 62.5 Å². The Hall–Kier alpha value is -1.11. The SMILES string of the molecule is OCC(CSc1nnc2ccccn12)(NC1CC1)C1CC1. The maximum atomic E-state index is 9.99. The van der Waals surface area contributed by atoms with Crippen molar-refractivity contribution in [3.8, 4) is 0 Å². The van der Waals surface area contributed by atoms with E-state index < -0.39 is 0 Å². The van der Waals surface area contributed by atoms with Crippen LogP contribution in [0.1, 0.15) is 25.7 Å². The number of hydrogen-bond acceptors (Lipinski definition) is 5. The molecule has 2 N–H and O–H groups in total. The minimum atomic E-state index is -0.146.